The molecule has 240 valence electrons. The summed E-state index contributed by atoms with van der Waals surface area (Å²) in [6, 6.07) is 23.1. The second-order valence-electron chi connectivity index (χ2n) is 12.5. The number of carbonyl (C=O) groups is 1. The number of hydrogen-bond acceptors (Lipinski definition) is 9. The maximum absolute atomic E-state index is 12.2. The minimum absolute atomic E-state index is 0.0392. The molecule has 0 radical (unpaired) electrons. The molecule has 11 heteroatoms. The van der Waals surface area contributed by atoms with Crippen LogP contribution in [0.15, 0.2) is 89.7 Å². The van der Waals surface area contributed by atoms with Crippen molar-refractivity contribution in [3.8, 4) is 28.5 Å². The quantitative estimate of drug-likeness (QED) is 0.101. The van der Waals surface area contributed by atoms with Gasteiger partial charge in [0.05, 0.1) is 20.4 Å². The Kier molecular flexibility index (Phi) is 9.62. The van der Waals surface area contributed by atoms with Crippen LogP contribution in [0.5, 0.6) is 17.2 Å². The van der Waals surface area contributed by atoms with E-state index < -0.39 is 20.3 Å². The lowest BCUT2D eigenvalue weighted by Crippen LogP contribution is -2.43. The summed E-state index contributed by atoms with van der Waals surface area (Å²) >= 11 is 0. The van der Waals surface area contributed by atoms with Crippen LogP contribution in [0.25, 0.3) is 11.3 Å². The summed E-state index contributed by atoms with van der Waals surface area (Å²) < 4.78 is 30.5. The number of hydrogen-bond donors (Lipinski definition) is 0. The van der Waals surface area contributed by atoms with E-state index in [2.05, 4.69) is 49.2 Å². The van der Waals surface area contributed by atoms with Crippen LogP contribution >= 0.6 is 0 Å². The first-order chi connectivity index (χ1) is 22.0. The Balaban J connectivity index is 1.40. The molecule has 3 aromatic carbocycles. The van der Waals surface area contributed by atoms with Crippen LogP contribution in [0.4, 0.5) is 0 Å². The molecule has 0 saturated carbocycles. The van der Waals surface area contributed by atoms with Crippen molar-refractivity contribution in [1.82, 2.24) is 20.0 Å². The van der Waals surface area contributed by atoms with Gasteiger partial charge in [-0.15, -0.1) is 5.10 Å². The Bertz CT molecular complexity index is 1760. The number of methoxy groups -OCH3 is 2. The Morgan fingerprint density at radius 2 is 1.70 bits per heavy atom. The molecule has 0 aliphatic rings. The van der Waals surface area contributed by atoms with E-state index in [1.807, 2.05) is 79.0 Å². The van der Waals surface area contributed by atoms with Gasteiger partial charge in [-0.05, 0) is 59.6 Å². The van der Waals surface area contributed by atoms with Crippen molar-refractivity contribution >= 4 is 14.3 Å². The number of benzene rings is 3. The molecule has 0 fully saturated rings. The molecule has 0 saturated heterocycles. The van der Waals surface area contributed by atoms with Gasteiger partial charge in [-0.1, -0.05) is 68.4 Å². The lowest BCUT2D eigenvalue weighted by Gasteiger charge is -2.36. The van der Waals surface area contributed by atoms with Crippen molar-refractivity contribution in [3.05, 3.63) is 108 Å². The van der Waals surface area contributed by atoms with Crippen LogP contribution in [0, 0.1) is 0 Å². The predicted molar refractivity (Wildman–Crippen MR) is 177 cm³/mol. The maximum Gasteiger partial charge on any atom is 0.360 e. The van der Waals surface area contributed by atoms with Crippen molar-refractivity contribution in [2.75, 3.05) is 14.2 Å². The van der Waals surface area contributed by atoms with Gasteiger partial charge in [0.25, 0.3) is 8.32 Å². The van der Waals surface area contributed by atoms with Crippen LogP contribution in [0.1, 0.15) is 54.3 Å². The van der Waals surface area contributed by atoms with Crippen molar-refractivity contribution in [1.29, 1.82) is 0 Å². The summed E-state index contributed by atoms with van der Waals surface area (Å²) in [5, 5.41) is 8.95. The number of rotatable bonds is 12. The van der Waals surface area contributed by atoms with E-state index in [0.717, 1.165) is 22.4 Å². The van der Waals surface area contributed by atoms with Gasteiger partial charge in [0, 0.05) is 12.0 Å². The molecule has 0 aliphatic heterocycles. The number of esters is 1. The predicted octanol–water partition coefficient (Wildman–Crippen LogP) is 7.52. The first-order valence-electron chi connectivity index (χ1n) is 15.1. The summed E-state index contributed by atoms with van der Waals surface area (Å²) in [4.78, 5) is 16.6. The number of carbonyl (C=O) groups excluding carboxylic acids is 1. The lowest BCUT2D eigenvalue weighted by molar-refractivity contribution is 0.0594. The number of ether oxygens (including phenoxy) is 3. The summed E-state index contributed by atoms with van der Waals surface area (Å²) in [5.74, 6) is 1.80. The molecule has 2 aromatic heterocycles. The largest absolute Gasteiger partial charge is 0.541 e. The molecule has 10 nitrogen and oxygen atoms in total. The molecular weight excluding hydrogens is 600 g/mol. The van der Waals surface area contributed by atoms with E-state index in [1.165, 1.54) is 13.4 Å². The fraction of sp³-hybridized carbons (Fsp3) is 0.314. The van der Waals surface area contributed by atoms with Crippen LogP contribution in [-0.2, 0) is 17.8 Å². The number of aromatic nitrogens is 4. The van der Waals surface area contributed by atoms with Gasteiger partial charge in [0.2, 0.25) is 5.89 Å². The van der Waals surface area contributed by atoms with Gasteiger partial charge >= 0.3 is 5.97 Å². The fourth-order valence-corrected chi connectivity index (χ4v) is 5.54. The van der Waals surface area contributed by atoms with E-state index in [-0.39, 0.29) is 10.7 Å². The van der Waals surface area contributed by atoms with Crippen molar-refractivity contribution in [2.24, 2.45) is 0 Å². The molecular formula is C35H40N4O6Si. The molecule has 1 atom stereocenters. The van der Waals surface area contributed by atoms with E-state index in [9.17, 15) is 4.79 Å². The van der Waals surface area contributed by atoms with E-state index in [1.54, 1.807) is 11.8 Å². The number of oxazole rings is 1. The maximum atomic E-state index is 12.2. The van der Waals surface area contributed by atoms with Crippen molar-refractivity contribution < 1.29 is 27.8 Å². The first kappa shape index (κ1) is 32.5. The average Bonchev–Trinajstić information content (AvgIpc) is 3.74. The third-order valence-electron chi connectivity index (χ3n) is 8.26. The molecule has 5 aromatic rings. The minimum Gasteiger partial charge on any atom is -0.541 e. The van der Waals surface area contributed by atoms with Gasteiger partial charge in [-0.2, -0.15) is 0 Å². The van der Waals surface area contributed by atoms with Gasteiger partial charge in [-0.25, -0.2) is 14.5 Å². The second-order valence-corrected chi connectivity index (χ2v) is 17.2. The summed E-state index contributed by atoms with van der Waals surface area (Å²) in [7, 11) is 0.852. The van der Waals surface area contributed by atoms with E-state index >= 15 is 0 Å². The Labute approximate surface area is 270 Å². The SMILES string of the molecule is COC(=O)c1coc([C@H](Cc2ccc(OCc3ccccc3)cc2)n2cc(-c3ccc(O[Si](C)(C)C(C)(C)C)c(OC)c3)nn2)n1. The normalized spacial score (nSPS) is 12.4. The molecule has 0 N–H and O–H groups in total. The van der Waals surface area contributed by atoms with Gasteiger partial charge in [-0.3, -0.25) is 0 Å². The zero-order valence-corrected chi connectivity index (χ0v) is 28.3. The van der Waals surface area contributed by atoms with Gasteiger partial charge in [0.15, 0.2) is 11.4 Å². The minimum atomic E-state index is -2.08. The third kappa shape index (κ3) is 7.48. The molecule has 5 rings (SSSR count). The molecule has 0 bridgehead atoms. The van der Waals surface area contributed by atoms with E-state index in [4.69, 9.17) is 23.1 Å². The third-order valence-corrected chi connectivity index (χ3v) is 12.6. The van der Waals surface area contributed by atoms with Crippen LogP contribution in [0.3, 0.4) is 0 Å². The smallest absolute Gasteiger partial charge is 0.360 e. The summed E-state index contributed by atoms with van der Waals surface area (Å²) in [5.41, 5.74) is 3.60. The van der Waals surface area contributed by atoms with Crippen LogP contribution < -0.4 is 13.9 Å². The first-order valence-corrected chi connectivity index (χ1v) is 18.0. The van der Waals surface area contributed by atoms with Gasteiger partial charge < -0.3 is 23.1 Å². The van der Waals surface area contributed by atoms with Gasteiger partial charge in [0.1, 0.15) is 36.1 Å². The Morgan fingerprint density at radius 3 is 2.37 bits per heavy atom. The monoisotopic (exact) mass is 640 g/mol. The molecule has 46 heavy (non-hydrogen) atoms. The summed E-state index contributed by atoms with van der Waals surface area (Å²) in [6.07, 6.45) is 3.58. The summed E-state index contributed by atoms with van der Waals surface area (Å²) in [6.45, 7) is 11.5. The van der Waals surface area contributed by atoms with Crippen molar-refractivity contribution in [2.45, 2.75) is 58.0 Å². The fourth-order valence-electron chi connectivity index (χ4n) is 4.52. The highest BCUT2D eigenvalue weighted by atomic mass is 28.4. The standard InChI is InChI=1S/C35H40N4O6Si/c1-35(2,3)46(6,7)45-31-18-15-26(20-32(31)41-4)28-21-39(38-37-28)30(33-36-29(23-44-33)34(40)42-5)19-24-13-16-27(17-14-24)43-22-25-11-9-8-10-12-25/h8-18,20-21,23,30H,19,22H2,1-7H3/t30-/m0/s1. The molecule has 0 amide bonds. The van der Waals surface area contributed by atoms with E-state index in [0.29, 0.717) is 36.1 Å². The zero-order chi connectivity index (χ0) is 32.9. The zero-order valence-electron chi connectivity index (χ0n) is 27.3. The molecule has 0 aliphatic carbocycles. The average molecular weight is 641 g/mol. The molecule has 0 spiro atoms. The molecule has 2 heterocycles. The van der Waals surface area contributed by atoms with Crippen LogP contribution in [0.2, 0.25) is 18.1 Å². The highest BCUT2D eigenvalue weighted by Crippen LogP contribution is 2.41. The molecule has 0 unspecified atom stereocenters. The topological polar surface area (TPSA) is 111 Å². The highest BCUT2D eigenvalue weighted by Gasteiger charge is 2.39. The Hall–Kier alpha value is -4.90. The Morgan fingerprint density at radius 1 is 0.957 bits per heavy atom. The lowest BCUT2D eigenvalue weighted by atomic mass is 10.1. The van der Waals surface area contributed by atoms with Crippen molar-refractivity contribution in [3.63, 3.8) is 0 Å². The highest BCUT2D eigenvalue weighted by molar-refractivity contribution is 6.74. The number of nitrogens with zero attached hydrogens (tertiary/aromatic N) is 4. The second kappa shape index (κ2) is 13.6. The van der Waals surface area contributed by atoms with Crippen LogP contribution in [-0.4, -0.2) is 48.5 Å².